The first-order valence-corrected chi connectivity index (χ1v) is 6.80. The van der Waals surface area contributed by atoms with E-state index in [1.165, 1.54) is 0 Å². The Balaban J connectivity index is 2.08. The minimum absolute atomic E-state index is 0.193. The molecule has 0 bridgehead atoms. The molecule has 16 heavy (non-hydrogen) atoms. The molecule has 1 aliphatic heterocycles. The molecule has 0 aromatic heterocycles. The number of hydrogen-bond donors (Lipinski definition) is 1. The summed E-state index contributed by atoms with van der Waals surface area (Å²) in [5.74, 6) is 0.823. The Morgan fingerprint density at radius 1 is 1.56 bits per heavy atom. The van der Waals surface area contributed by atoms with Gasteiger partial charge >= 0.3 is 0 Å². The lowest BCUT2D eigenvalue weighted by Crippen LogP contribution is -2.19. The third kappa shape index (κ3) is 2.77. The minimum atomic E-state index is -0.193. The van der Waals surface area contributed by atoms with E-state index < -0.39 is 0 Å². The Kier molecular flexibility index (Phi) is 3.86. The lowest BCUT2D eigenvalue weighted by Gasteiger charge is -2.08. The summed E-state index contributed by atoms with van der Waals surface area (Å²) >= 11 is 4.89. The van der Waals surface area contributed by atoms with Crippen LogP contribution < -0.4 is 5.32 Å². The number of nitrogens with zero attached hydrogens (tertiary/aromatic N) is 1. The maximum absolute atomic E-state index is 13.7. The van der Waals surface area contributed by atoms with Crippen LogP contribution in [0, 0.1) is 12.7 Å². The van der Waals surface area contributed by atoms with Gasteiger partial charge in [-0.2, -0.15) is 0 Å². The second kappa shape index (κ2) is 5.19. The van der Waals surface area contributed by atoms with Crippen molar-refractivity contribution < 1.29 is 4.39 Å². The van der Waals surface area contributed by atoms with Gasteiger partial charge in [0.25, 0.3) is 0 Å². The molecule has 0 saturated heterocycles. The summed E-state index contributed by atoms with van der Waals surface area (Å²) in [6.07, 6.45) is 0. The number of benzene rings is 1. The molecule has 0 unspecified atom stereocenters. The standard InChI is InChI=1S/C11H12BrFN2S/c1-7-4-8(10(13)9(12)5-7)6-15-11-14-2-3-16-11/h4-5H,2-3,6H2,1H3,(H,14,15). The summed E-state index contributed by atoms with van der Waals surface area (Å²) in [6.45, 7) is 3.29. The minimum Gasteiger partial charge on any atom is -0.361 e. The van der Waals surface area contributed by atoms with Crippen molar-refractivity contribution in [1.29, 1.82) is 0 Å². The van der Waals surface area contributed by atoms with Gasteiger partial charge in [0.1, 0.15) is 5.82 Å². The molecule has 0 atom stereocenters. The van der Waals surface area contributed by atoms with Crippen molar-refractivity contribution in [3.8, 4) is 0 Å². The summed E-state index contributed by atoms with van der Waals surface area (Å²) in [6, 6.07) is 3.63. The number of aliphatic imine (C=N–C) groups is 1. The topological polar surface area (TPSA) is 24.4 Å². The number of hydrogen-bond acceptors (Lipinski definition) is 3. The molecule has 1 aromatic carbocycles. The third-order valence-corrected chi connectivity index (χ3v) is 3.77. The van der Waals surface area contributed by atoms with E-state index in [0.29, 0.717) is 16.6 Å². The zero-order valence-corrected chi connectivity index (χ0v) is 11.3. The highest BCUT2D eigenvalue weighted by atomic mass is 79.9. The Hall–Kier alpha value is -0.550. The molecular weight excluding hydrogens is 291 g/mol. The summed E-state index contributed by atoms with van der Waals surface area (Å²) < 4.78 is 14.2. The van der Waals surface area contributed by atoms with Crippen molar-refractivity contribution in [3.05, 3.63) is 33.5 Å². The average molecular weight is 303 g/mol. The van der Waals surface area contributed by atoms with Crippen LogP contribution in [0.25, 0.3) is 0 Å². The highest BCUT2D eigenvalue weighted by Crippen LogP contribution is 2.21. The van der Waals surface area contributed by atoms with Gasteiger partial charge in [0.15, 0.2) is 5.17 Å². The summed E-state index contributed by atoms with van der Waals surface area (Å²) in [4.78, 5) is 4.26. The van der Waals surface area contributed by atoms with Crippen LogP contribution in [0.1, 0.15) is 11.1 Å². The zero-order valence-electron chi connectivity index (χ0n) is 8.89. The summed E-state index contributed by atoms with van der Waals surface area (Å²) in [5.41, 5.74) is 1.72. The molecule has 0 saturated carbocycles. The highest BCUT2D eigenvalue weighted by Gasteiger charge is 2.10. The number of thioether (sulfide) groups is 1. The Morgan fingerprint density at radius 3 is 3.06 bits per heavy atom. The van der Waals surface area contributed by atoms with Crippen molar-refractivity contribution in [2.75, 3.05) is 12.3 Å². The van der Waals surface area contributed by atoms with Gasteiger partial charge < -0.3 is 5.32 Å². The van der Waals surface area contributed by atoms with Crippen LogP contribution >= 0.6 is 27.7 Å². The molecule has 0 amide bonds. The van der Waals surface area contributed by atoms with Crippen LogP contribution in [0.5, 0.6) is 0 Å². The van der Waals surface area contributed by atoms with Crippen LogP contribution in [-0.2, 0) is 6.54 Å². The fraction of sp³-hybridized carbons (Fsp3) is 0.364. The van der Waals surface area contributed by atoms with Crippen LogP contribution in [0.2, 0.25) is 0 Å². The molecule has 1 aliphatic rings. The van der Waals surface area contributed by atoms with Crippen LogP contribution in [-0.4, -0.2) is 17.5 Å². The molecule has 0 radical (unpaired) electrons. The van der Waals surface area contributed by atoms with Crippen molar-refractivity contribution >= 4 is 32.9 Å². The smallest absolute Gasteiger partial charge is 0.156 e. The van der Waals surface area contributed by atoms with Crippen molar-refractivity contribution in [3.63, 3.8) is 0 Å². The van der Waals surface area contributed by atoms with E-state index in [1.807, 2.05) is 13.0 Å². The third-order valence-electron chi connectivity index (χ3n) is 2.26. The monoisotopic (exact) mass is 302 g/mol. The maximum atomic E-state index is 13.7. The molecular formula is C11H12BrFN2S. The van der Waals surface area contributed by atoms with Gasteiger partial charge in [-0.15, -0.1) is 0 Å². The van der Waals surface area contributed by atoms with E-state index in [-0.39, 0.29) is 5.82 Å². The van der Waals surface area contributed by atoms with Gasteiger partial charge in [-0.05, 0) is 34.5 Å². The van der Waals surface area contributed by atoms with E-state index in [4.69, 9.17) is 0 Å². The van der Waals surface area contributed by atoms with E-state index in [0.717, 1.165) is 23.0 Å². The summed E-state index contributed by atoms with van der Waals surface area (Å²) in [5, 5.41) is 4.06. The SMILES string of the molecule is Cc1cc(Br)c(F)c(CNC2=NCCS2)c1. The first-order chi connectivity index (χ1) is 7.66. The van der Waals surface area contributed by atoms with Gasteiger partial charge in [-0.1, -0.05) is 17.8 Å². The normalized spacial score (nSPS) is 15.1. The lowest BCUT2D eigenvalue weighted by molar-refractivity contribution is 0.599. The van der Waals surface area contributed by atoms with Crippen LogP contribution in [0.15, 0.2) is 21.6 Å². The second-order valence-corrected chi connectivity index (χ2v) is 5.55. The van der Waals surface area contributed by atoms with E-state index in [1.54, 1.807) is 17.8 Å². The van der Waals surface area contributed by atoms with Crippen LogP contribution in [0.4, 0.5) is 4.39 Å². The molecule has 0 aliphatic carbocycles. The quantitative estimate of drug-likeness (QED) is 0.908. The number of aryl methyl sites for hydroxylation is 1. The Morgan fingerprint density at radius 2 is 2.38 bits per heavy atom. The first kappa shape index (κ1) is 11.9. The molecule has 1 heterocycles. The average Bonchev–Trinajstić information content (AvgIpc) is 2.74. The van der Waals surface area contributed by atoms with Crippen molar-refractivity contribution in [2.45, 2.75) is 13.5 Å². The van der Waals surface area contributed by atoms with E-state index in [9.17, 15) is 4.39 Å². The molecule has 0 spiro atoms. The zero-order chi connectivity index (χ0) is 11.5. The fourth-order valence-electron chi connectivity index (χ4n) is 1.54. The predicted molar refractivity (Wildman–Crippen MR) is 70.4 cm³/mol. The molecule has 5 heteroatoms. The molecule has 2 nitrogen and oxygen atoms in total. The summed E-state index contributed by atoms with van der Waals surface area (Å²) in [7, 11) is 0. The molecule has 1 aromatic rings. The molecule has 86 valence electrons. The van der Waals surface area contributed by atoms with Gasteiger partial charge in [-0.25, -0.2) is 4.39 Å². The Labute approximate surface area is 107 Å². The lowest BCUT2D eigenvalue weighted by atomic mass is 10.1. The van der Waals surface area contributed by atoms with Crippen molar-refractivity contribution in [1.82, 2.24) is 5.32 Å². The van der Waals surface area contributed by atoms with Gasteiger partial charge in [0, 0.05) is 17.9 Å². The van der Waals surface area contributed by atoms with E-state index >= 15 is 0 Å². The molecule has 1 N–H and O–H groups in total. The number of amidine groups is 1. The number of rotatable bonds is 2. The Bertz CT molecular complexity index is 434. The van der Waals surface area contributed by atoms with Gasteiger partial charge in [0.2, 0.25) is 0 Å². The maximum Gasteiger partial charge on any atom is 0.156 e. The largest absolute Gasteiger partial charge is 0.361 e. The number of halogens is 2. The molecule has 0 fully saturated rings. The van der Waals surface area contributed by atoms with Gasteiger partial charge in [0.05, 0.1) is 11.0 Å². The first-order valence-electron chi connectivity index (χ1n) is 5.02. The predicted octanol–water partition coefficient (Wildman–Crippen LogP) is 3.09. The van der Waals surface area contributed by atoms with E-state index in [2.05, 4.69) is 26.2 Å². The fourth-order valence-corrected chi connectivity index (χ4v) is 2.89. The number of nitrogens with one attached hydrogen (secondary N) is 1. The van der Waals surface area contributed by atoms with Gasteiger partial charge in [-0.3, -0.25) is 4.99 Å². The van der Waals surface area contributed by atoms with Crippen LogP contribution in [0.3, 0.4) is 0 Å². The highest BCUT2D eigenvalue weighted by molar-refractivity contribution is 9.10. The van der Waals surface area contributed by atoms with Crippen molar-refractivity contribution in [2.24, 2.45) is 4.99 Å². The molecule has 2 rings (SSSR count). The second-order valence-electron chi connectivity index (χ2n) is 3.61.